The van der Waals surface area contributed by atoms with Gasteiger partial charge in [0.15, 0.2) is 0 Å². The summed E-state index contributed by atoms with van der Waals surface area (Å²) in [4.78, 5) is 0. The number of aryl methyl sites for hydroxylation is 3. The van der Waals surface area contributed by atoms with Crippen molar-refractivity contribution in [1.82, 2.24) is 0 Å². The number of aliphatic hydroxyl groups is 1. The summed E-state index contributed by atoms with van der Waals surface area (Å²) >= 11 is 1.82. The molecule has 1 atom stereocenters. The Morgan fingerprint density at radius 2 is 1.75 bits per heavy atom. The van der Waals surface area contributed by atoms with Crippen molar-refractivity contribution in [3.8, 4) is 0 Å². The molecule has 0 fully saturated rings. The first-order valence-corrected chi connectivity index (χ1v) is 7.05. The molecule has 1 N–H and O–H groups in total. The zero-order chi connectivity index (χ0) is 12.1. The molecule has 2 heteroatoms. The van der Waals surface area contributed by atoms with Crippen LogP contribution in [-0.2, 0) is 0 Å². The molecule has 1 aromatic rings. The molecule has 90 valence electrons. The topological polar surface area (TPSA) is 20.2 Å². The van der Waals surface area contributed by atoms with E-state index in [9.17, 15) is 5.11 Å². The van der Waals surface area contributed by atoms with Gasteiger partial charge >= 0.3 is 0 Å². The van der Waals surface area contributed by atoms with E-state index in [1.54, 1.807) is 0 Å². The lowest BCUT2D eigenvalue weighted by Gasteiger charge is -2.15. The molecule has 0 aromatic heterocycles. The number of benzene rings is 1. The Hall–Kier alpha value is -0.470. The normalized spacial score (nSPS) is 12.8. The molecule has 0 amide bonds. The molecule has 1 aromatic carbocycles. The zero-order valence-electron chi connectivity index (χ0n) is 10.7. The molecule has 0 saturated heterocycles. The van der Waals surface area contributed by atoms with E-state index in [-0.39, 0.29) is 6.10 Å². The van der Waals surface area contributed by atoms with Crippen LogP contribution in [0.4, 0.5) is 0 Å². The predicted octanol–water partition coefficient (Wildman–Crippen LogP) is 3.79. The molecule has 16 heavy (non-hydrogen) atoms. The van der Waals surface area contributed by atoms with Gasteiger partial charge in [0.1, 0.15) is 0 Å². The zero-order valence-corrected chi connectivity index (χ0v) is 11.5. The van der Waals surface area contributed by atoms with E-state index in [2.05, 4.69) is 39.8 Å². The second-order valence-corrected chi connectivity index (χ2v) is 5.53. The van der Waals surface area contributed by atoms with Crippen molar-refractivity contribution < 1.29 is 5.11 Å². The van der Waals surface area contributed by atoms with Crippen LogP contribution in [0.1, 0.15) is 41.7 Å². The highest BCUT2D eigenvalue weighted by molar-refractivity contribution is 7.99. The Labute approximate surface area is 103 Å². The highest BCUT2D eigenvalue weighted by atomic mass is 32.2. The van der Waals surface area contributed by atoms with Crippen molar-refractivity contribution >= 4 is 11.8 Å². The lowest BCUT2D eigenvalue weighted by atomic mass is 9.98. The summed E-state index contributed by atoms with van der Waals surface area (Å²) in [5.74, 6) is 1.93. The van der Waals surface area contributed by atoms with Crippen LogP contribution < -0.4 is 0 Å². The fraction of sp³-hybridized carbons (Fsp3) is 0.571. The molecule has 0 saturated carbocycles. The molecule has 0 aliphatic carbocycles. The Morgan fingerprint density at radius 1 is 1.12 bits per heavy atom. The van der Waals surface area contributed by atoms with Crippen molar-refractivity contribution in [3.05, 3.63) is 34.4 Å². The summed E-state index contributed by atoms with van der Waals surface area (Å²) in [5, 5.41) is 10.1. The fourth-order valence-corrected chi connectivity index (χ4v) is 2.63. The third-order valence-electron chi connectivity index (χ3n) is 2.87. The van der Waals surface area contributed by atoms with Gasteiger partial charge in [-0.3, -0.25) is 0 Å². The van der Waals surface area contributed by atoms with E-state index in [0.29, 0.717) is 0 Å². The molecule has 0 bridgehead atoms. The summed E-state index contributed by atoms with van der Waals surface area (Å²) in [6.45, 7) is 8.46. The minimum Gasteiger partial charge on any atom is -0.388 e. The maximum Gasteiger partial charge on any atom is 0.0883 e. The van der Waals surface area contributed by atoms with Crippen LogP contribution in [0, 0.1) is 20.8 Å². The lowest BCUT2D eigenvalue weighted by Crippen LogP contribution is -2.04. The highest BCUT2D eigenvalue weighted by Gasteiger charge is 2.11. The summed E-state index contributed by atoms with van der Waals surface area (Å²) in [7, 11) is 0. The Balaban J connectivity index is 2.75. The molecule has 0 aliphatic heterocycles. The van der Waals surface area contributed by atoms with Gasteiger partial charge in [-0.2, -0.15) is 11.8 Å². The van der Waals surface area contributed by atoms with Gasteiger partial charge in [-0.25, -0.2) is 0 Å². The van der Waals surface area contributed by atoms with Crippen molar-refractivity contribution in [2.75, 3.05) is 11.5 Å². The van der Waals surface area contributed by atoms with Crippen LogP contribution >= 0.6 is 11.8 Å². The molecular weight excluding hydrogens is 216 g/mol. The number of aliphatic hydroxyl groups excluding tert-OH is 1. The van der Waals surface area contributed by atoms with Crippen molar-refractivity contribution in [3.63, 3.8) is 0 Å². The van der Waals surface area contributed by atoms with Crippen LogP contribution in [0.15, 0.2) is 12.1 Å². The molecule has 0 radical (unpaired) electrons. The van der Waals surface area contributed by atoms with Gasteiger partial charge in [0.2, 0.25) is 0 Å². The minimum atomic E-state index is -0.323. The van der Waals surface area contributed by atoms with E-state index < -0.39 is 0 Å². The summed E-state index contributed by atoms with van der Waals surface area (Å²) in [6.07, 6.45) is 0.847. The van der Waals surface area contributed by atoms with Crippen molar-refractivity contribution in [2.45, 2.75) is 40.2 Å². The summed E-state index contributed by atoms with van der Waals surface area (Å²) in [5.41, 5.74) is 4.86. The van der Waals surface area contributed by atoms with E-state index in [4.69, 9.17) is 0 Å². The molecule has 1 rings (SSSR count). The largest absolute Gasteiger partial charge is 0.388 e. The van der Waals surface area contributed by atoms with Crippen LogP contribution in [0.5, 0.6) is 0 Å². The maximum atomic E-state index is 10.1. The van der Waals surface area contributed by atoms with E-state index in [1.165, 1.54) is 23.1 Å². The fourth-order valence-electron chi connectivity index (χ4n) is 1.77. The first-order chi connectivity index (χ1) is 7.56. The molecule has 0 aliphatic rings. The first-order valence-electron chi connectivity index (χ1n) is 5.89. The standard InChI is InChI=1S/C14H22OS/c1-5-6-16-9-14(15)13-8-11(3)10(2)7-12(13)4/h7-8,14-15H,5-6,9H2,1-4H3. The molecule has 1 nitrogen and oxygen atoms in total. The third kappa shape index (κ3) is 3.53. The predicted molar refractivity (Wildman–Crippen MR) is 73.2 cm³/mol. The summed E-state index contributed by atoms with van der Waals surface area (Å²) in [6, 6.07) is 4.29. The molecule has 1 unspecified atom stereocenters. The van der Waals surface area contributed by atoms with Gasteiger partial charge in [0.25, 0.3) is 0 Å². The van der Waals surface area contributed by atoms with Crippen LogP contribution in [0.3, 0.4) is 0 Å². The number of rotatable bonds is 5. The number of hydrogen-bond donors (Lipinski definition) is 1. The van der Waals surface area contributed by atoms with Gasteiger partial charge in [-0.15, -0.1) is 0 Å². The average Bonchev–Trinajstić information content (AvgIpc) is 2.23. The number of hydrogen-bond acceptors (Lipinski definition) is 2. The second-order valence-electron chi connectivity index (χ2n) is 4.38. The van der Waals surface area contributed by atoms with Gasteiger partial charge < -0.3 is 5.11 Å². The van der Waals surface area contributed by atoms with Gasteiger partial charge in [0, 0.05) is 5.75 Å². The second kappa shape index (κ2) is 6.31. The van der Waals surface area contributed by atoms with E-state index >= 15 is 0 Å². The Morgan fingerprint density at radius 3 is 2.38 bits per heavy atom. The molecule has 0 heterocycles. The van der Waals surface area contributed by atoms with Crippen molar-refractivity contribution in [1.29, 1.82) is 0 Å². The smallest absolute Gasteiger partial charge is 0.0883 e. The Kier molecular flexibility index (Phi) is 5.36. The highest BCUT2D eigenvalue weighted by Crippen LogP contribution is 2.24. The molecular formula is C14H22OS. The third-order valence-corrected chi connectivity index (χ3v) is 4.11. The van der Waals surface area contributed by atoms with Crippen LogP contribution in [0.25, 0.3) is 0 Å². The number of thioether (sulfide) groups is 1. The van der Waals surface area contributed by atoms with Gasteiger partial charge in [-0.1, -0.05) is 19.1 Å². The summed E-state index contributed by atoms with van der Waals surface area (Å²) < 4.78 is 0. The first kappa shape index (κ1) is 13.6. The van der Waals surface area contributed by atoms with Gasteiger partial charge in [-0.05, 0) is 55.2 Å². The molecule has 0 spiro atoms. The minimum absolute atomic E-state index is 0.323. The average molecular weight is 238 g/mol. The van der Waals surface area contributed by atoms with Crippen LogP contribution in [-0.4, -0.2) is 16.6 Å². The quantitative estimate of drug-likeness (QED) is 0.788. The monoisotopic (exact) mass is 238 g/mol. The van der Waals surface area contributed by atoms with Crippen LogP contribution in [0.2, 0.25) is 0 Å². The Bertz CT molecular complexity index is 347. The van der Waals surface area contributed by atoms with E-state index in [0.717, 1.165) is 17.1 Å². The van der Waals surface area contributed by atoms with Crippen molar-refractivity contribution in [2.24, 2.45) is 0 Å². The van der Waals surface area contributed by atoms with E-state index in [1.807, 2.05) is 11.8 Å². The maximum absolute atomic E-state index is 10.1. The van der Waals surface area contributed by atoms with Gasteiger partial charge in [0.05, 0.1) is 6.10 Å². The SMILES string of the molecule is CCCSCC(O)c1cc(C)c(C)cc1C. The lowest BCUT2D eigenvalue weighted by molar-refractivity contribution is 0.203.